The van der Waals surface area contributed by atoms with Gasteiger partial charge in [-0.25, -0.2) is 0 Å². The topological polar surface area (TPSA) is 9.86 Å². The van der Waals surface area contributed by atoms with Crippen LogP contribution in [0.1, 0.15) is 42.7 Å². The van der Waals surface area contributed by atoms with Gasteiger partial charge in [0, 0.05) is 38.6 Å². The van der Waals surface area contributed by atoms with Crippen LogP contribution in [0.3, 0.4) is 0 Å². The maximum absolute atomic E-state index is 2.50. The van der Waals surface area contributed by atoms with Crippen LogP contribution in [-0.2, 0) is 11.8 Å². The zero-order valence-corrected chi connectivity index (χ0v) is 33.1. The fourth-order valence-corrected chi connectivity index (χ4v) is 11.0. The zero-order chi connectivity index (χ0) is 39.0. The van der Waals surface area contributed by atoms with E-state index in [1.54, 1.807) is 0 Å². The Balaban J connectivity index is 0.964. The Labute approximate surface area is 342 Å². The molecule has 13 rings (SSSR count). The van der Waals surface area contributed by atoms with Crippen molar-refractivity contribution in [1.29, 1.82) is 0 Å². The molecule has 2 nitrogen and oxygen atoms in total. The van der Waals surface area contributed by atoms with Crippen LogP contribution in [0.15, 0.2) is 176 Å². The maximum atomic E-state index is 2.50. The molecular formula is C57H40N2. The Morgan fingerprint density at radius 2 is 0.966 bits per heavy atom. The molecule has 9 aromatic carbocycles. The van der Waals surface area contributed by atoms with Crippen LogP contribution in [0.4, 0.5) is 0 Å². The van der Waals surface area contributed by atoms with Crippen LogP contribution in [0, 0.1) is 0 Å². The molecule has 0 amide bonds. The molecule has 0 unspecified atom stereocenters. The predicted molar refractivity (Wildman–Crippen MR) is 250 cm³/mol. The largest absolute Gasteiger partial charge is 0.310 e. The smallest absolute Gasteiger partial charge is 0.0541 e. The fraction of sp³-hybridized carbons (Fsp3) is 0.0877. The fourth-order valence-electron chi connectivity index (χ4n) is 11.0. The molecule has 0 atom stereocenters. The molecule has 2 aliphatic rings. The first-order valence-corrected chi connectivity index (χ1v) is 21.0. The standard InChI is InChI=1S/C57H40N2/c1-57(2)51-20-10-7-17-44(51)45-28-26-38(34-52(45)57)59-54-22-12-9-19-47(54)50-32-36(24-30-56(50)59)35-23-29-55-49(31-35)46-18-8-11-21-53(46)58(55)37-25-27-43-41-15-4-3-13-39(41)40-14-5-6-16-42(40)48(43)33-37/h3-7,9-17,19-34H,8,18H2,1-2H3. The van der Waals surface area contributed by atoms with E-state index in [1.807, 2.05) is 0 Å². The summed E-state index contributed by atoms with van der Waals surface area (Å²) in [5, 5.41) is 11.7. The molecular weight excluding hydrogens is 713 g/mol. The van der Waals surface area contributed by atoms with Gasteiger partial charge in [0.05, 0.1) is 16.6 Å². The third-order valence-electron chi connectivity index (χ3n) is 13.8. The number of allylic oxidation sites excluding steroid dienone is 1. The number of rotatable bonds is 3. The van der Waals surface area contributed by atoms with Gasteiger partial charge in [-0.1, -0.05) is 135 Å². The van der Waals surface area contributed by atoms with Crippen molar-refractivity contribution in [3.05, 3.63) is 198 Å². The molecule has 2 aromatic heterocycles. The Morgan fingerprint density at radius 1 is 0.407 bits per heavy atom. The number of aryl methyl sites for hydroxylation is 1. The van der Waals surface area contributed by atoms with E-state index < -0.39 is 0 Å². The van der Waals surface area contributed by atoms with Gasteiger partial charge in [0.15, 0.2) is 0 Å². The van der Waals surface area contributed by atoms with Crippen molar-refractivity contribution in [1.82, 2.24) is 9.13 Å². The third-order valence-corrected chi connectivity index (χ3v) is 13.8. The first-order valence-electron chi connectivity index (χ1n) is 21.0. The van der Waals surface area contributed by atoms with Gasteiger partial charge in [-0.05, 0) is 145 Å². The maximum Gasteiger partial charge on any atom is 0.0541 e. The Bertz CT molecular complexity index is 3610. The van der Waals surface area contributed by atoms with Crippen molar-refractivity contribution in [2.45, 2.75) is 32.1 Å². The van der Waals surface area contributed by atoms with Crippen molar-refractivity contribution in [3.63, 3.8) is 0 Å². The van der Waals surface area contributed by atoms with Gasteiger partial charge in [-0.15, -0.1) is 0 Å². The summed E-state index contributed by atoms with van der Waals surface area (Å²) >= 11 is 0. The van der Waals surface area contributed by atoms with Crippen LogP contribution in [0.2, 0.25) is 0 Å². The SMILES string of the molecule is CC1(C)c2ccccc2-c2ccc(-n3c4ccccc4c4cc(-c5ccc6c(c5)c5c(n6-c6ccc7c8ccccc8c8ccccc8c7c6)C=CCC5)ccc43)cc21. The monoisotopic (exact) mass is 752 g/mol. The van der Waals surface area contributed by atoms with Crippen molar-refractivity contribution in [3.8, 4) is 33.6 Å². The van der Waals surface area contributed by atoms with Gasteiger partial charge in [-0.2, -0.15) is 0 Å². The second-order valence-electron chi connectivity index (χ2n) is 17.2. The molecule has 278 valence electrons. The number of hydrogen-bond acceptors (Lipinski definition) is 0. The van der Waals surface area contributed by atoms with Crippen LogP contribution in [0.5, 0.6) is 0 Å². The normalized spacial score (nSPS) is 14.2. The summed E-state index contributed by atoms with van der Waals surface area (Å²) in [4.78, 5) is 0. The van der Waals surface area contributed by atoms with E-state index in [0.717, 1.165) is 12.8 Å². The predicted octanol–water partition coefficient (Wildman–Crippen LogP) is 15.1. The van der Waals surface area contributed by atoms with Crippen LogP contribution < -0.4 is 0 Å². The van der Waals surface area contributed by atoms with Crippen LogP contribution in [0.25, 0.3) is 105 Å². The summed E-state index contributed by atoms with van der Waals surface area (Å²) in [6, 6.07) is 63.9. The number of aromatic nitrogens is 2. The molecule has 0 radical (unpaired) electrons. The molecule has 0 bridgehead atoms. The Hall–Kier alpha value is -7.16. The lowest BCUT2D eigenvalue weighted by molar-refractivity contribution is 0.660. The van der Waals surface area contributed by atoms with Crippen molar-refractivity contribution < 1.29 is 0 Å². The van der Waals surface area contributed by atoms with Gasteiger partial charge in [0.2, 0.25) is 0 Å². The summed E-state index contributed by atoms with van der Waals surface area (Å²) in [5.41, 5.74) is 16.8. The molecule has 0 aliphatic heterocycles. The first-order chi connectivity index (χ1) is 29.0. The lowest BCUT2D eigenvalue weighted by Crippen LogP contribution is -2.15. The summed E-state index contributed by atoms with van der Waals surface area (Å²) in [5.74, 6) is 0. The molecule has 0 N–H and O–H groups in total. The number of para-hydroxylation sites is 1. The van der Waals surface area contributed by atoms with E-state index in [0.29, 0.717) is 0 Å². The van der Waals surface area contributed by atoms with Crippen molar-refractivity contribution >= 4 is 71.1 Å². The lowest BCUT2D eigenvalue weighted by Gasteiger charge is -2.22. The summed E-state index contributed by atoms with van der Waals surface area (Å²) in [7, 11) is 0. The first kappa shape index (κ1) is 32.9. The molecule has 2 heterocycles. The number of nitrogens with zero attached hydrogens (tertiary/aromatic N) is 2. The van der Waals surface area contributed by atoms with Gasteiger partial charge in [0.25, 0.3) is 0 Å². The minimum absolute atomic E-state index is 0.0575. The highest BCUT2D eigenvalue weighted by Gasteiger charge is 2.35. The average Bonchev–Trinajstić information content (AvgIpc) is 3.88. The number of benzene rings is 9. The number of hydrogen-bond donors (Lipinski definition) is 0. The minimum atomic E-state index is -0.0575. The second-order valence-corrected chi connectivity index (χ2v) is 17.2. The second kappa shape index (κ2) is 11.9. The molecule has 0 fully saturated rings. The zero-order valence-electron chi connectivity index (χ0n) is 33.1. The van der Waals surface area contributed by atoms with Gasteiger partial charge in [-0.3, -0.25) is 0 Å². The van der Waals surface area contributed by atoms with E-state index >= 15 is 0 Å². The van der Waals surface area contributed by atoms with Gasteiger partial charge < -0.3 is 9.13 Å². The summed E-state index contributed by atoms with van der Waals surface area (Å²) in [6.07, 6.45) is 6.78. The van der Waals surface area contributed by atoms with Gasteiger partial charge >= 0.3 is 0 Å². The molecule has 2 aliphatic carbocycles. The summed E-state index contributed by atoms with van der Waals surface area (Å²) < 4.78 is 4.97. The Kier molecular flexibility index (Phi) is 6.65. The third kappa shape index (κ3) is 4.52. The van der Waals surface area contributed by atoms with Crippen molar-refractivity contribution in [2.24, 2.45) is 0 Å². The molecule has 59 heavy (non-hydrogen) atoms. The average molecular weight is 753 g/mol. The highest BCUT2D eigenvalue weighted by molar-refractivity contribution is 6.25. The molecule has 0 spiro atoms. The minimum Gasteiger partial charge on any atom is -0.310 e. The molecule has 11 aromatic rings. The van der Waals surface area contributed by atoms with Crippen LogP contribution in [-0.4, -0.2) is 9.13 Å². The highest BCUT2D eigenvalue weighted by Crippen LogP contribution is 2.50. The quantitative estimate of drug-likeness (QED) is 0.159. The highest BCUT2D eigenvalue weighted by atomic mass is 15.0. The summed E-state index contributed by atoms with van der Waals surface area (Å²) in [6.45, 7) is 4.73. The number of fused-ring (bicyclic) bond motifs is 15. The molecule has 0 saturated carbocycles. The van der Waals surface area contributed by atoms with E-state index in [4.69, 9.17) is 0 Å². The van der Waals surface area contributed by atoms with E-state index in [2.05, 4.69) is 205 Å². The molecule has 2 heteroatoms. The van der Waals surface area contributed by atoms with E-state index in [-0.39, 0.29) is 5.41 Å². The Morgan fingerprint density at radius 3 is 1.73 bits per heavy atom. The van der Waals surface area contributed by atoms with Gasteiger partial charge in [0.1, 0.15) is 0 Å². The van der Waals surface area contributed by atoms with E-state index in [9.17, 15) is 0 Å². The van der Waals surface area contributed by atoms with E-state index in [1.165, 1.54) is 121 Å². The lowest BCUT2D eigenvalue weighted by atomic mass is 9.82. The van der Waals surface area contributed by atoms with Crippen molar-refractivity contribution in [2.75, 3.05) is 0 Å². The molecule has 0 saturated heterocycles. The van der Waals surface area contributed by atoms with Crippen LogP contribution >= 0.6 is 0 Å².